The number of aryl methyl sites for hydroxylation is 2. The first kappa shape index (κ1) is 32.8. The average molecular weight is 618 g/mol. The first-order valence-electron chi connectivity index (χ1n) is 14.3. The summed E-state index contributed by atoms with van der Waals surface area (Å²) in [7, 11) is 1.85. The Hall–Kier alpha value is -4.10. The molecule has 0 saturated carbocycles. The van der Waals surface area contributed by atoms with Crippen LogP contribution in [0, 0.1) is 19.8 Å². The van der Waals surface area contributed by atoms with Crippen LogP contribution in [0.2, 0.25) is 0 Å². The molecule has 2 heterocycles. The summed E-state index contributed by atoms with van der Waals surface area (Å²) < 4.78 is 50.6. The lowest BCUT2D eigenvalue weighted by Gasteiger charge is -2.34. The second-order valence-corrected chi connectivity index (χ2v) is 11.4. The molecular formula is C31H38F3N5O5. The highest BCUT2D eigenvalue weighted by Crippen LogP contribution is 2.31. The lowest BCUT2D eigenvalue weighted by atomic mass is 10.0. The number of hydrogen-bond donors (Lipinski definition) is 3. The Morgan fingerprint density at radius 2 is 1.89 bits per heavy atom. The third-order valence-electron chi connectivity index (χ3n) is 7.67. The number of nitrogens with zero attached hydrogens (tertiary/aromatic N) is 3. The lowest BCUT2D eigenvalue weighted by Crippen LogP contribution is -2.47. The zero-order valence-electron chi connectivity index (χ0n) is 25.4. The summed E-state index contributed by atoms with van der Waals surface area (Å²) in [5.74, 6) is 0.591. The van der Waals surface area contributed by atoms with Crippen LogP contribution in [0.3, 0.4) is 0 Å². The molecule has 4 rings (SSSR count). The van der Waals surface area contributed by atoms with Crippen LogP contribution < -0.4 is 15.4 Å². The number of likely N-dealkylation sites (N-methyl/N-ethyl adjacent to an activating group) is 1. The molecule has 3 N–H and O–H groups in total. The molecule has 3 amide bonds. The first-order chi connectivity index (χ1) is 20.7. The van der Waals surface area contributed by atoms with E-state index in [0.717, 1.165) is 12.1 Å². The van der Waals surface area contributed by atoms with Crippen LogP contribution in [0.15, 0.2) is 47.0 Å². The van der Waals surface area contributed by atoms with Gasteiger partial charge in [-0.2, -0.15) is 13.2 Å². The molecule has 238 valence electrons. The van der Waals surface area contributed by atoms with Crippen molar-refractivity contribution in [3.05, 3.63) is 70.6 Å². The Kier molecular flexibility index (Phi) is 10.2. The molecule has 1 aliphatic rings. The Bertz CT molecular complexity index is 1440. The lowest BCUT2D eigenvalue weighted by molar-refractivity contribution is -0.137. The summed E-state index contributed by atoms with van der Waals surface area (Å²) in [6.07, 6.45) is -4.82. The summed E-state index contributed by atoms with van der Waals surface area (Å²) in [4.78, 5) is 29.8. The van der Waals surface area contributed by atoms with Gasteiger partial charge in [0.25, 0.3) is 0 Å². The highest BCUT2D eigenvalue weighted by Gasteiger charge is 2.32. The average Bonchev–Trinajstić information content (AvgIpc) is 3.29. The fourth-order valence-corrected chi connectivity index (χ4v) is 5.15. The summed E-state index contributed by atoms with van der Waals surface area (Å²) in [6.45, 7) is 8.04. The highest BCUT2D eigenvalue weighted by molar-refractivity contribution is 6.00. The van der Waals surface area contributed by atoms with Crippen molar-refractivity contribution < 1.29 is 37.1 Å². The smallest absolute Gasteiger partial charge is 0.416 e. The Morgan fingerprint density at radius 1 is 1.18 bits per heavy atom. The van der Waals surface area contributed by atoms with Gasteiger partial charge in [-0.3, -0.25) is 9.69 Å². The van der Waals surface area contributed by atoms with E-state index in [1.165, 1.54) is 12.1 Å². The number of aliphatic hydroxyl groups excluding tert-OH is 1. The van der Waals surface area contributed by atoms with Crippen molar-refractivity contribution in [2.75, 3.05) is 37.4 Å². The Balaban J connectivity index is 1.55. The number of carbonyl (C=O) groups is 2. The fourth-order valence-electron chi connectivity index (χ4n) is 5.15. The number of ether oxygens (including phenoxy) is 1. The number of benzene rings is 2. The third-order valence-corrected chi connectivity index (χ3v) is 7.67. The molecule has 0 fully saturated rings. The minimum Gasteiger partial charge on any atom is -0.488 e. The van der Waals surface area contributed by atoms with Gasteiger partial charge in [0, 0.05) is 36.8 Å². The zero-order valence-corrected chi connectivity index (χ0v) is 25.4. The van der Waals surface area contributed by atoms with E-state index in [1.807, 2.05) is 18.9 Å². The summed E-state index contributed by atoms with van der Waals surface area (Å²) in [6, 6.07) is 9.17. The van der Waals surface area contributed by atoms with Crippen molar-refractivity contribution >= 4 is 23.3 Å². The summed E-state index contributed by atoms with van der Waals surface area (Å²) >= 11 is 0. The number of halogens is 3. The molecule has 0 spiro atoms. The number of nitrogens with one attached hydrogen (secondary N) is 2. The molecule has 0 bridgehead atoms. The SMILES string of the molecule is Cc1noc(C)c1NC(=O)Nc1ccc2c(c1)CC(=O)N([C@H](C)CO)C[C@H](C)[C@@H](CN(C)Cc1ccc(C(F)(F)F)cc1)O2. The van der Waals surface area contributed by atoms with Gasteiger partial charge in [0.05, 0.1) is 24.6 Å². The Morgan fingerprint density at radius 3 is 2.50 bits per heavy atom. The van der Waals surface area contributed by atoms with E-state index in [1.54, 1.807) is 43.9 Å². The maximum atomic E-state index is 13.5. The molecule has 0 aliphatic carbocycles. The summed E-state index contributed by atoms with van der Waals surface area (Å²) in [5.41, 5.74) is 2.01. The Labute approximate surface area is 254 Å². The normalized spacial score (nSPS) is 18.1. The second-order valence-electron chi connectivity index (χ2n) is 11.4. The third kappa shape index (κ3) is 8.08. The van der Waals surface area contributed by atoms with Gasteiger partial charge >= 0.3 is 12.2 Å². The topological polar surface area (TPSA) is 120 Å². The molecule has 0 unspecified atom stereocenters. The molecule has 3 aromatic rings. The number of alkyl halides is 3. The molecule has 13 heteroatoms. The van der Waals surface area contributed by atoms with E-state index in [9.17, 15) is 27.9 Å². The molecular weight excluding hydrogens is 579 g/mol. The van der Waals surface area contributed by atoms with E-state index in [-0.39, 0.29) is 24.9 Å². The second kappa shape index (κ2) is 13.7. The fraction of sp³-hybridized carbons (Fsp3) is 0.452. The van der Waals surface area contributed by atoms with E-state index >= 15 is 0 Å². The number of aliphatic hydroxyl groups is 1. The van der Waals surface area contributed by atoms with Gasteiger partial charge in [0.15, 0.2) is 5.76 Å². The molecule has 3 atom stereocenters. The van der Waals surface area contributed by atoms with Crippen LogP contribution in [0.1, 0.15) is 42.0 Å². The van der Waals surface area contributed by atoms with Gasteiger partial charge in [-0.1, -0.05) is 24.2 Å². The molecule has 1 aliphatic heterocycles. The minimum atomic E-state index is -4.40. The number of carbonyl (C=O) groups excluding carboxylic acids is 2. The predicted molar refractivity (Wildman–Crippen MR) is 158 cm³/mol. The molecule has 2 aromatic carbocycles. The number of fused-ring (bicyclic) bond motifs is 1. The molecule has 1 aromatic heterocycles. The number of anilines is 2. The van der Waals surface area contributed by atoms with Gasteiger partial charge in [0.2, 0.25) is 5.91 Å². The van der Waals surface area contributed by atoms with Crippen LogP contribution in [0.4, 0.5) is 29.3 Å². The van der Waals surface area contributed by atoms with Crippen molar-refractivity contribution in [3.63, 3.8) is 0 Å². The predicted octanol–water partition coefficient (Wildman–Crippen LogP) is 5.24. The van der Waals surface area contributed by atoms with Gasteiger partial charge in [0.1, 0.15) is 23.2 Å². The molecule has 10 nitrogen and oxygen atoms in total. The van der Waals surface area contributed by atoms with Crippen molar-refractivity contribution in [2.45, 2.75) is 59.0 Å². The van der Waals surface area contributed by atoms with Gasteiger partial charge < -0.3 is 29.9 Å². The van der Waals surface area contributed by atoms with Crippen LogP contribution >= 0.6 is 0 Å². The maximum absolute atomic E-state index is 13.5. The maximum Gasteiger partial charge on any atom is 0.416 e. The quantitative estimate of drug-likeness (QED) is 0.317. The van der Waals surface area contributed by atoms with E-state index < -0.39 is 29.9 Å². The number of urea groups is 1. The standard InChI is InChI=1S/C31H38F3N5O5/c1-18-14-39(19(2)17-40)28(41)13-23-12-25(35-30(42)36-29-20(3)37-44-21(29)4)10-11-26(23)43-27(18)16-38(5)15-22-6-8-24(9-7-22)31(32,33)34/h6-12,18-19,27,40H,13-17H2,1-5H3,(H2,35,36,42)/t18-,19+,27+/m0/s1. The van der Waals surface area contributed by atoms with Crippen LogP contribution in [-0.4, -0.2) is 70.9 Å². The zero-order chi connectivity index (χ0) is 32.2. The molecule has 0 radical (unpaired) electrons. The van der Waals surface area contributed by atoms with E-state index in [4.69, 9.17) is 9.26 Å². The van der Waals surface area contributed by atoms with Crippen molar-refractivity contribution in [1.82, 2.24) is 15.0 Å². The van der Waals surface area contributed by atoms with Crippen molar-refractivity contribution in [1.29, 1.82) is 0 Å². The number of amides is 3. The number of aromatic nitrogens is 1. The monoisotopic (exact) mass is 617 g/mol. The van der Waals surface area contributed by atoms with E-state index in [0.29, 0.717) is 59.3 Å². The van der Waals surface area contributed by atoms with Crippen LogP contribution in [-0.2, 0) is 23.9 Å². The van der Waals surface area contributed by atoms with E-state index in [2.05, 4.69) is 15.8 Å². The molecule has 0 saturated heterocycles. The van der Waals surface area contributed by atoms with Gasteiger partial charge in [-0.25, -0.2) is 4.79 Å². The number of hydrogen-bond acceptors (Lipinski definition) is 7. The van der Waals surface area contributed by atoms with Crippen LogP contribution in [0.25, 0.3) is 0 Å². The van der Waals surface area contributed by atoms with Crippen molar-refractivity contribution in [2.24, 2.45) is 5.92 Å². The number of rotatable bonds is 8. The van der Waals surface area contributed by atoms with Crippen molar-refractivity contribution in [3.8, 4) is 5.75 Å². The van der Waals surface area contributed by atoms with Crippen LogP contribution in [0.5, 0.6) is 5.75 Å². The van der Waals surface area contributed by atoms with Gasteiger partial charge in [-0.15, -0.1) is 0 Å². The summed E-state index contributed by atoms with van der Waals surface area (Å²) in [5, 5.41) is 19.2. The first-order valence-corrected chi connectivity index (χ1v) is 14.3. The minimum absolute atomic E-state index is 0.0124. The van der Waals surface area contributed by atoms with Gasteiger partial charge in [-0.05, 0) is 63.7 Å². The highest BCUT2D eigenvalue weighted by atomic mass is 19.4. The largest absolute Gasteiger partial charge is 0.488 e. The molecule has 44 heavy (non-hydrogen) atoms.